The lowest BCUT2D eigenvalue weighted by Gasteiger charge is -2.20. The lowest BCUT2D eigenvalue weighted by atomic mass is 10.1. The Labute approximate surface area is 191 Å². The fourth-order valence-corrected chi connectivity index (χ4v) is 4.04. The number of nitrogens with one attached hydrogen (secondary N) is 3. The van der Waals surface area contributed by atoms with Crippen LogP contribution in [0, 0.1) is 0 Å². The van der Waals surface area contributed by atoms with E-state index in [1.807, 2.05) is 17.0 Å². The maximum absolute atomic E-state index is 12.5. The van der Waals surface area contributed by atoms with Crippen molar-refractivity contribution < 1.29 is 27.3 Å². The van der Waals surface area contributed by atoms with E-state index in [1.165, 1.54) is 23.5 Å². The van der Waals surface area contributed by atoms with Gasteiger partial charge in [0.15, 0.2) is 0 Å². The molecule has 0 saturated heterocycles. The molecule has 32 heavy (non-hydrogen) atoms. The maximum atomic E-state index is 12.5. The van der Waals surface area contributed by atoms with Gasteiger partial charge in [-0.05, 0) is 51.3 Å². The summed E-state index contributed by atoms with van der Waals surface area (Å²) in [6, 6.07) is 5.92. The summed E-state index contributed by atoms with van der Waals surface area (Å²) in [5.41, 5.74) is 1.26. The molecule has 176 valence electrons. The summed E-state index contributed by atoms with van der Waals surface area (Å²) < 4.78 is 37.9. The molecule has 0 saturated carbocycles. The highest BCUT2D eigenvalue weighted by Gasteiger charge is 2.21. The second kappa shape index (κ2) is 10.7. The van der Waals surface area contributed by atoms with E-state index in [1.54, 1.807) is 32.9 Å². The molecule has 2 amide bonds. The first-order valence-corrected chi connectivity index (χ1v) is 12.2. The van der Waals surface area contributed by atoms with Crippen molar-refractivity contribution in [2.45, 2.75) is 52.2 Å². The van der Waals surface area contributed by atoms with E-state index in [4.69, 9.17) is 9.29 Å². The SMILES string of the molecule is CCc1csc([C@H](Cc2ccc(NS(=O)(=O)O)cc2)NC(=O)CNC(=O)OC(C)(C)C)n1. The van der Waals surface area contributed by atoms with Crippen molar-refractivity contribution in [2.24, 2.45) is 0 Å². The highest BCUT2D eigenvalue weighted by molar-refractivity contribution is 7.87. The van der Waals surface area contributed by atoms with Gasteiger partial charge in [0.1, 0.15) is 17.2 Å². The second-order valence-electron chi connectivity index (χ2n) is 7.98. The summed E-state index contributed by atoms with van der Waals surface area (Å²) in [7, 11) is -4.36. The first kappa shape index (κ1) is 25.6. The number of alkyl carbamates (subject to hydrolysis) is 1. The van der Waals surface area contributed by atoms with E-state index >= 15 is 0 Å². The lowest BCUT2D eigenvalue weighted by molar-refractivity contribution is -0.121. The van der Waals surface area contributed by atoms with Crippen molar-refractivity contribution in [3.05, 3.63) is 45.9 Å². The highest BCUT2D eigenvalue weighted by atomic mass is 32.2. The van der Waals surface area contributed by atoms with Gasteiger partial charge in [0.25, 0.3) is 0 Å². The number of thiazole rings is 1. The number of benzene rings is 1. The van der Waals surface area contributed by atoms with Gasteiger partial charge in [0.05, 0.1) is 17.4 Å². The average molecular weight is 485 g/mol. The standard InChI is InChI=1S/C20H28N4O6S2/c1-5-14-12-31-18(22-14)16(23-17(25)11-21-19(26)30-20(2,3)4)10-13-6-8-15(9-7-13)24-32(27,28)29/h6-9,12,16,24H,5,10-11H2,1-4H3,(H,21,26)(H,23,25)(H,27,28,29)/t16-/m0/s1. The van der Waals surface area contributed by atoms with Gasteiger partial charge in [-0.1, -0.05) is 19.1 Å². The minimum absolute atomic E-state index is 0.209. The van der Waals surface area contributed by atoms with Crippen molar-refractivity contribution >= 4 is 39.3 Å². The molecule has 0 aliphatic carbocycles. The Balaban J connectivity index is 2.08. The van der Waals surface area contributed by atoms with E-state index in [-0.39, 0.29) is 12.2 Å². The van der Waals surface area contributed by atoms with Gasteiger partial charge in [0, 0.05) is 5.38 Å². The summed E-state index contributed by atoms with van der Waals surface area (Å²) in [5, 5.41) is 7.94. The molecule has 1 atom stereocenters. The Morgan fingerprint density at radius 3 is 2.41 bits per heavy atom. The van der Waals surface area contributed by atoms with Crippen molar-refractivity contribution in [1.29, 1.82) is 0 Å². The number of carbonyl (C=O) groups excluding carboxylic acids is 2. The quantitative estimate of drug-likeness (QED) is 0.400. The number of rotatable bonds is 9. The number of aromatic nitrogens is 1. The van der Waals surface area contributed by atoms with Crippen molar-refractivity contribution in [2.75, 3.05) is 11.3 Å². The molecule has 0 aliphatic rings. The minimum atomic E-state index is -4.36. The van der Waals surface area contributed by atoms with Crippen LogP contribution in [0.15, 0.2) is 29.6 Å². The highest BCUT2D eigenvalue weighted by Crippen LogP contribution is 2.23. The average Bonchev–Trinajstić information content (AvgIpc) is 3.14. The number of amides is 2. The zero-order valence-electron chi connectivity index (χ0n) is 18.3. The largest absolute Gasteiger partial charge is 0.444 e. The van der Waals surface area contributed by atoms with E-state index < -0.39 is 33.9 Å². The molecule has 0 aliphatic heterocycles. The molecule has 0 bridgehead atoms. The normalized spacial score (nSPS) is 12.7. The Hall–Kier alpha value is -2.70. The molecule has 4 N–H and O–H groups in total. The van der Waals surface area contributed by atoms with Gasteiger partial charge in [-0.3, -0.25) is 14.1 Å². The molecule has 1 aromatic carbocycles. The second-order valence-corrected chi connectivity index (χ2v) is 10.0. The van der Waals surface area contributed by atoms with Gasteiger partial charge in [-0.2, -0.15) is 8.42 Å². The molecule has 1 heterocycles. The number of carbonyl (C=O) groups is 2. The van der Waals surface area contributed by atoms with Crippen LogP contribution in [-0.4, -0.2) is 42.1 Å². The number of aryl methyl sites for hydroxylation is 1. The smallest absolute Gasteiger partial charge is 0.408 e. The zero-order chi connectivity index (χ0) is 23.9. The van der Waals surface area contributed by atoms with Crippen molar-refractivity contribution in [3.8, 4) is 0 Å². The number of hydrogen-bond acceptors (Lipinski definition) is 7. The molecular formula is C20H28N4O6S2. The van der Waals surface area contributed by atoms with Gasteiger partial charge in [-0.15, -0.1) is 11.3 Å². The molecule has 12 heteroatoms. The maximum Gasteiger partial charge on any atom is 0.408 e. The number of hydrogen-bond donors (Lipinski definition) is 4. The molecule has 0 radical (unpaired) electrons. The monoisotopic (exact) mass is 484 g/mol. The number of anilines is 1. The van der Waals surface area contributed by atoms with Crippen LogP contribution in [0.3, 0.4) is 0 Å². The molecular weight excluding hydrogens is 456 g/mol. The van der Waals surface area contributed by atoms with Crippen LogP contribution in [-0.2, 0) is 32.7 Å². The lowest BCUT2D eigenvalue weighted by Crippen LogP contribution is -2.41. The fraction of sp³-hybridized carbons (Fsp3) is 0.450. The van der Waals surface area contributed by atoms with Crippen LogP contribution >= 0.6 is 11.3 Å². The van der Waals surface area contributed by atoms with E-state index in [2.05, 4.69) is 15.6 Å². The first-order valence-electron chi connectivity index (χ1n) is 9.89. The fourth-order valence-electron chi connectivity index (χ4n) is 2.65. The topological polar surface area (TPSA) is 147 Å². The summed E-state index contributed by atoms with van der Waals surface area (Å²) >= 11 is 1.42. The summed E-state index contributed by atoms with van der Waals surface area (Å²) in [5.74, 6) is -0.404. The van der Waals surface area contributed by atoms with Gasteiger partial charge in [0.2, 0.25) is 5.91 Å². The third-order valence-corrected chi connectivity index (χ3v) is 5.50. The van der Waals surface area contributed by atoms with E-state index in [9.17, 15) is 18.0 Å². The third-order valence-electron chi connectivity index (χ3n) is 4.00. The van der Waals surface area contributed by atoms with E-state index in [0.717, 1.165) is 17.7 Å². The van der Waals surface area contributed by atoms with Crippen molar-refractivity contribution in [1.82, 2.24) is 15.6 Å². The van der Waals surface area contributed by atoms with Crippen LogP contribution in [0.5, 0.6) is 0 Å². The van der Waals surface area contributed by atoms with Crippen LogP contribution < -0.4 is 15.4 Å². The zero-order valence-corrected chi connectivity index (χ0v) is 20.0. The molecule has 0 spiro atoms. The molecule has 0 fully saturated rings. The molecule has 1 aromatic heterocycles. The predicted molar refractivity (Wildman–Crippen MR) is 122 cm³/mol. The minimum Gasteiger partial charge on any atom is -0.444 e. The summed E-state index contributed by atoms with van der Waals surface area (Å²) in [6.45, 7) is 6.92. The number of nitrogens with zero attached hydrogens (tertiary/aromatic N) is 1. The van der Waals surface area contributed by atoms with E-state index in [0.29, 0.717) is 11.4 Å². The Morgan fingerprint density at radius 1 is 1.22 bits per heavy atom. The predicted octanol–water partition coefficient (Wildman–Crippen LogP) is 2.84. The van der Waals surface area contributed by atoms with Gasteiger partial charge < -0.3 is 15.4 Å². The van der Waals surface area contributed by atoms with Crippen molar-refractivity contribution in [3.63, 3.8) is 0 Å². The Morgan fingerprint density at radius 2 is 1.88 bits per heavy atom. The summed E-state index contributed by atoms with van der Waals surface area (Å²) in [4.78, 5) is 28.8. The first-order chi connectivity index (χ1) is 14.8. The third kappa shape index (κ3) is 9.20. The van der Waals surface area contributed by atoms with Crippen LogP contribution in [0.2, 0.25) is 0 Å². The molecule has 2 aromatic rings. The van der Waals surface area contributed by atoms with Crippen LogP contribution in [0.25, 0.3) is 0 Å². The Bertz CT molecular complexity index is 1030. The van der Waals surface area contributed by atoms with Crippen LogP contribution in [0.4, 0.5) is 10.5 Å². The van der Waals surface area contributed by atoms with Gasteiger partial charge in [-0.25, -0.2) is 9.78 Å². The molecule has 2 rings (SSSR count). The Kier molecular flexibility index (Phi) is 8.58. The summed E-state index contributed by atoms with van der Waals surface area (Å²) in [6.07, 6.45) is 0.461. The molecule has 10 nitrogen and oxygen atoms in total. The number of ether oxygens (including phenoxy) is 1. The molecule has 0 unspecified atom stereocenters. The van der Waals surface area contributed by atoms with Gasteiger partial charge >= 0.3 is 16.4 Å². The van der Waals surface area contributed by atoms with Crippen LogP contribution in [0.1, 0.15) is 50.0 Å².